The Morgan fingerprint density at radius 3 is 2.82 bits per heavy atom. The highest BCUT2D eigenvalue weighted by Gasteiger charge is 2.18. The Morgan fingerprint density at radius 1 is 1.21 bits per heavy atom. The van der Waals surface area contributed by atoms with Gasteiger partial charge in [-0.2, -0.15) is 0 Å². The molecule has 1 unspecified atom stereocenters. The fourth-order valence-electron chi connectivity index (χ4n) is 3.60. The van der Waals surface area contributed by atoms with Crippen LogP contribution < -0.4 is 11.1 Å². The first-order valence-corrected chi connectivity index (χ1v) is 13.2. The molecule has 0 radical (unpaired) electrons. The molecule has 0 spiro atoms. The number of nitrogens with zero attached hydrogens (tertiary/aromatic N) is 3. The van der Waals surface area contributed by atoms with Crippen LogP contribution in [0.2, 0.25) is 0 Å². The predicted octanol–water partition coefficient (Wildman–Crippen LogP) is 4.19. The molecule has 4 aromatic heterocycles. The van der Waals surface area contributed by atoms with Crippen LogP contribution >= 0.6 is 34.4 Å². The quantitative estimate of drug-likeness (QED) is 0.340. The summed E-state index contributed by atoms with van der Waals surface area (Å²) in [6.07, 6.45) is 0. The number of thiophene rings is 1. The molecule has 0 bridgehead atoms. The minimum atomic E-state index is -0.484. The number of ether oxygens (including phenoxy) is 1. The summed E-state index contributed by atoms with van der Waals surface area (Å²) in [5.74, 6) is 0.466. The lowest BCUT2D eigenvalue weighted by atomic mass is 10.2. The van der Waals surface area contributed by atoms with E-state index < -0.39 is 11.2 Å². The number of rotatable bonds is 6. The van der Waals surface area contributed by atoms with Crippen molar-refractivity contribution in [2.24, 2.45) is 0 Å². The summed E-state index contributed by atoms with van der Waals surface area (Å²) in [4.78, 5) is 51.7. The van der Waals surface area contributed by atoms with E-state index in [0.717, 1.165) is 20.7 Å². The molecule has 0 aliphatic carbocycles. The number of aromatic nitrogens is 4. The van der Waals surface area contributed by atoms with Crippen LogP contribution in [0, 0.1) is 13.8 Å². The standard InChI is InChI=1S/C23H20N4O4S3/c1-11-12(2)33-21-19(11)20(29)25-17(26-21)10-32-13(3)22(30)31-9-14-8-18(28)27-15-6-4-5-7-16(15)34-23(27)24-14/h4-8,13H,9-10H2,1-3H3,(H,25,26,29). The van der Waals surface area contributed by atoms with Crippen LogP contribution in [-0.2, 0) is 21.9 Å². The van der Waals surface area contributed by atoms with E-state index in [2.05, 4.69) is 15.0 Å². The topological polar surface area (TPSA) is 106 Å². The normalized spacial score (nSPS) is 12.6. The van der Waals surface area contributed by atoms with Gasteiger partial charge < -0.3 is 9.72 Å². The van der Waals surface area contributed by atoms with E-state index in [1.54, 1.807) is 11.3 Å². The fraction of sp³-hybridized carbons (Fsp3) is 0.261. The highest BCUT2D eigenvalue weighted by atomic mass is 32.2. The molecule has 0 fully saturated rings. The van der Waals surface area contributed by atoms with Gasteiger partial charge in [0.1, 0.15) is 22.5 Å². The summed E-state index contributed by atoms with van der Waals surface area (Å²) < 4.78 is 7.94. The zero-order chi connectivity index (χ0) is 24.0. The Balaban J connectivity index is 1.25. The van der Waals surface area contributed by atoms with Crippen molar-refractivity contribution in [2.75, 3.05) is 0 Å². The van der Waals surface area contributed by atoms with Crippen molar-refractivity contribution in [3.05, 3.63) is 73.0 Å². The number of H-pyrrole nitrogens is 1. The van der Waals surface area contributed by atoms with Gasteiger partial charge in [0.05, 0.1) is 27.0 Å². The molecule has 8 nitrogen and oxygen atoms in total. The van der Waals surface area contributed by atoms with Gasteiger partial charge in [0.25, 0.3) is 11.1 Å². The number of thioether (sulfide) groups is 1. The van der Waals surface area contributed by atoms with Crippen LogP contribution in [0.25, 0.3) is 25.4 Å². The number of nitrogens with one attached hydrogen (secondary N) is 1. The van der Waals surface area contributed by atoms with Crippen molar-refractivity contribution >= 4 is 65.8 Å². The van der Waals surface area contributed by atoms with Gasteiger partial charge in [-0.15, -0.1) is 23.1 Å². The number of carbonyl (C=O) groups is 1. The van der Waals surface area contributed by atoms with Crippen LogP contribution in [0.5, 0.6) is 0 Å². The average Bonchev–Trinajstić information content (AvgIpc) is 3.32. The predicted molar refractivity (Wildman–Crippen MR) is 137 cm³/mol. The second-order valence-corrected chi connectivity index (χ2v) is 11.4. The molecular formula is C23H20N4O4S3. The number of benzene rings is 1. The summed E-state index contributed by atoms with van der Waals surface area (Å²) in [5.41, 5.74) is 1.80. The number of esters is 1. The third-order valence-electron chi connectivity index (χ3n) is 5.50. The highest BCUT2D eigenvalue weighted by molar-refractivity contribution is 7.99. The van der Waals surface area contributed by atoms with Crippen LogP contribution in [0.15, 0.2) is 39.9 Å². The average molecular weight is 513 g/mol. The Labute approximate surface area is 205 Å². The molecule has 34 heavy (non-hydrogen) atoms. The number of thiazole rings is 1. The van der Waals surface area contributed by atoms with E-state index in [9.17, 15) is 14.4 Å². The van der Waals surface area contributed by atoms with Crippen LogP contribution in [-0.4, -0.2) is 30.6 Å². The summed E-state index contributed by atoms with van der Waals surface area (Å²) in [5, 5.41) is 0.143. The second-order valence-electron chi connectivity index (χ2n) is 7.81. The zero-order valence-corrected chi connectivity index (χ0v) is 21.0. The lowest BCUT2D eigenvalue weighted by Gasteiger charge is -2.11. The van der Waals surface area contributed by atoms with Crippen molar-refractivity contribution < 1.29 is 9.53 Å². The molecule has 5 rings (SSSR count). The SMILES string of the molecule is Cc1sc2nc(CSC(C)C(=O)OCc3cc(=O)n4c(n3)sc3ccccc34)[nH]c(=O)c2c1C. The maximum absolute atomic E-state index is 12.6. The van der Waals surface area contributed by atoms with E-state index in [1.807, 2.05) is 38.1 Å². The maximum Gasteiger partial charge on any atom is 0.319 e. The first-order chi connectivity index (χ1) is 16.3. The number of fused-ring (bicyclic) bond motifs is 4. The molecular weight excluding hydrogens is 492 g/mol. The van der Waals surface area contributed by atoms with Gasteiger partial charge in [0.2, 0.25) is 0 Å². The monoisotopic (exact) mass is 512 g/mol. The molecule has 174 valence electrons. The second kappa shape index (κ2) is 8.97. The third kappa shape index (κ3) is 4.15. The molecule has 1 atom stereocenters. The van der Waals surface area contributed by atoms with Crippen LogP contribution in [0.3, 0.4) is 0 Å². The number of aryl methyl sites for hydroxylation is 2. The molecule has 0 amide bonds. The molecule has 0 aliphatic rings. The molecule has 0 saturated carbocycles. The third-order valence-corrected chi connectivity index (χ3v) is 8.76. The molecule has 1 aromatic carbocycles. The molecule has 0 saturated heterocycles. The smallest absolute Gasteiger partial charge is 0.319 e. The molecule has 4 heterocycles. The summed E-state index contributed by atoms with van der Waals surface area (Å²) in [6, 6.07) is 9.00. The lowest BCUT2D eigenvalue weighted by molar-refractivity contribution is -0.144. The van der Waals surface area contributed by atoms with Gasteiger partial charge in [0, 0.05) is 10.9 Å². The highest BCUT2D eigenvalue weighted by Crippen LogP contribution is 2.27. The summed E-state index contributed by atoms with van der Waals surface area (Å²) in [7, 11) is 0. The molecule has 0 aliphatic heterocycles. The summed E-state index contributed by atoms with van der Waals surface area (Å²) in [6.45, 7) is 5.54. The van der Waals surface area contributed by atoms with Gasteiger partial charge in [-0.1, -0.05) is 23.5 Å². The largest absolute Gasteiger partial charge is 0.458 e. The van der Waals surface area contributed by atoms with E-state index in [0.29, 0.717) is 32.4 Å². The van der Waals surface area contributed by atoms with E-state index in [4.69, 9.17) is 4.74 Å². The fourth-order valence-corrected chi connectivity index (χ4v) is 6.45. The number of hydrogen-bond acceptors (Lipinski definition) is 9. The lowest BCUT2D eigenvalue weighted by Crippen LogP contribution is -2.20. The maximum atomic E-state index is 12.6. The van der Waals surface area contributed by atoms with Gasteiger partial charge in [-0.3, -0.25) is 18.8 Å². The van der Waals surface area contributed by atoms with Crippen LogP contribution in [0.4, 0.5) is 0 Å². The summed E-state index contributed by atoms with van der Waals surface area (Å²) >= 11 is 4.23. The Morgan fingerprint density at radius 2 is 2.00 bits per heavy atom. The van der Waals surface area contributed by atoms with Crippen molar-refractivity contribution in [1.82, 2.24) is 19.4 Å². The zero-order valence-electron chi connectivity index (χ0n) is 18.6. The molecule has 1 N–H and O–H groups in total. The first-order valence-electron chi connectivity index (χ1n) is 10.5. The van der Waals surface area contributed by atoms with Gasteiger partial charge in [-0.05, 0) is 38.5 Å². The van der Waals surface area contributed by atoms with Crippen molar-refractivity contribution in [2.45, 2.75) is 38.4 Å². The number of carbonyl (C=O) groups excluding carboxylic acids is 1. The van der Waals surface area contributed by atoms with Crippen molar-refractivity contribution in [3.8, 4) is 0 Å². The van der Waals surface area contributed by atoms with E-state index in [1.165, 1.54) is 40.5 Å². The minimum absolute atomic E-state index is 0.0848. The molecule has 5 aromatic rings. The van der Waals surface area contributed by atoms with E-state index in [-0.39, 0.29) is 17.7 Å². The first kappa shape index (κ1) is 22.8. The van der Waals surface area contributed by atoms with Gasteiger partial charge in [0.15, 0.2) is 4.96 Å². The van der Waals surface area contributed by atoms with Gasteiger partial charge in [-0.25, -0.2) is 9.97 Å². The minimum Gasteiger partial charge on any atom is -0.458 e. The van der Waals surface area contributed by atoms with Crippen molar-refractivity contribution in [3.63, 3.8) is 0 Å². The Hall–Kier alpha value is -3.02. The Kier molecular flexibility index (Phi) is 6.00. The number of para-hydroxylation sites is 1. The number of hydrogen-bond donors (Lipinski definition) is 1. The van der Waals surface area contributed by atoms with Crippen molar-refractivity contribution in [1.29, 1.82) is 0 Å². The van der Waals surface area contributed by atoms with E-state index >= 15 is 0 Å². The molecule has 11 heteroatoms. The Bertz CT molecular complexity index is 1680. The number of aromatic amines is 1. The van der Waals surface area contributed by atoms with Gasteiger partial charge >= 0.3 is 5.97 Å². The van der Waals surface area contributed by atoms with Crippen LogP contribution in [0.1, 0.15) is 28.9 Å².